The zero-order valence-electron chi connectivity index (χ0n) is 14.7. The number of hydrogen-bond acceptors (Lipinski definition) is 4. The van der Waals surface area contributed by atoms with Gasteiger partial charge in [-0.2, -0.15) is 0 Å². The number of hydrogen-bond donors (Lipinski definition) is 0. The lowest BCUT2D eigenvalue weighted by molar-refractivity contribution is 0.0320. The molecule has 132 valence electrons. The molecule has 0 radical (unpaired) electrons. The summed E-state index contributed by atoms with van der Waals surface area (Å²) >= 11 is 0. The Labute approximate surface area is 149 Å². The van der Waals surface area contributed by atoms with E-state index in [-0.39, 0.29) is 5.91 Å². The molecule has 0 spiro atoms. The Bertz CT molecular complexity index is 684. The Balaban J connectivity index is 1.71. The average molecular weight is 339 g/mol. The predicted octanol–water partition coefficient (Wildman–Crippen LogP) is 2.36. The molecule has 2 aromatic rings. The maximum Gasteiger partial charge on any atom is 0.254 e. The van der Waals surface area contributed by atoms with Crippen molar-refractivity contribution < 1.29 is 9.53 Å². The van der Waals surface area contributed by atoms with Crippen LogP contribution in [0.15, 0.2) is 48.8 Å². The number of benzene rings is 1. The van der Waals surface area contributed by atoms with Crippen molar-refractivity contribution in [2.45, 2.75) is 13.5 Å². The Hall–Kier alpha value is -2.24. The van der Waals surface area contributed by atoms with Crippen molar-refractivity contribution in [1.29, 1.82) is 0 Å². The largest absolute Gasteiger partial charge is 0.379 e. The highest BCUT2D eigenvalue weighted by atomic mass is 16.5. The third kappa shape index (κ3) is 5.11. The molecule has 1 fully saturated rings. The van der Waals surface area contributed by atoms with Crippen molar-refractivity contribution in [2.24, 2.45) is 0 Å². The molecule has 1 aliphatic heterocycles. The van der Waals surface area contributed by atoms with E-state index >= 15 is 0 Å². The van der Waals surface area contributed by atoms with Gasteiger partial charge >= 0.3 is 0 Å². The smallest absolute Gasteiger partial charge is 0.254 e. The fourth-order valence-electron chi connectivity index (χ4n) is 3.05. The molecule has 0 aliphatic carbocycles. The van der Waals surface area contributed by atoms with Gasteiger partial charge in [-0.05, 0) is 24.6 Å². The van der Waals surface area contributed by atoms with Gasteiger partial charge in [-0.15, -0.1) is 0 Å². The van der Waals surface area contributed by atoms with E-state index in [1.54, 1.807) is 24.5 Å². The third-order valence-corrected chi connectivity index (χ3v) is 4.46. The number of aryl methyl sites for hydroxylation is 1. The monoisotopic (exact) mass is 339 g/mol. The molecule has 0 N–H and O–H groups in total. The molecule has 0 atom stereocenters. The van der Waals surface area contributed by atoms with Crippen LogP contribution in [0.5, 0.6) is 0 Å². The molecule has 1 saturated heterocycles. The quantitative estimate of drug-likeness (QED) is 0.810. The standard InChI is InChI=1S/C20H25N3O2/c1-17-3-2-4-18(15-17)16-23(10-9-22-11-13-25-14-12-22)20(24)19-5-7-21-8-6-19/h2-8,15H,9-14,16H2,1H3. The number of carbonyl (C=O) groups is 1. The molecule has 1 aromatic carbocycles. The van der Waals surface area contributed by atoms with Gasteiger partial charge in [0.25, 0.3) is 5.91 Å². The van der Waals surface area contributed by atoms with E-state index in [0.29, 0.717) is 18.7 Å². The Morgan fingerprint density at radius 1 is 1.20 bits per heavy atom. The number of pyridine rings is 1. The normalized spacial score (nSPS) is 15.1. The minimum atomic E-state index is 0.0529. The van der Waals surface area contributed by atoms with Crippen molar-refractivity contribution in [3.63, 3.8) is 0 Å². The maximum absolute atomic E-state index is 13.0. The molecule has 0 saturated carbocycles. The van der Waals surface area contributed by atoms with E-state index in [4.69, 9.17) is 4.74 Å². The summed E-state index contributed by atoms with van der Waals surface area (Å²) in [5.74, 6) is 0.0529. The molecule has 1 aromatic heterocycles. The molecule has 2 heterocycles. The van der Waals surface area contributed by atoms with Crippen LogP contribution in [-0.2, 0) is 11.3 Å². The molecule has 1 aliphatic rings. The zero-order valence-corrected chi connectivity index (χ0v) is 14.7. The number of amides is 1. The first-order valence-electron chi connectivity index (χ1n) is 8.77. The lowest BCUT2D eigenvalue weighted by atomic mass is 10.1. The van der Waals surface area contributed by atoms with Gasteiger partial charge in [-0.25, -0.2) is 0 Å². The topological polar surface area (TPSA) is 45.7 Å². The summed E-state index contributed by atoms with van der Waals surface area (Å²) in [7, 11) is 0. The first kappa shape index (κ1) is 17.6. The van der Waals surface area contributed by atoms with E-state index in [0.717, 1.165) is 38.4 Å². The third-order valence-electron chi connectivity index (χ3n) is 4.46. The van der Waals surface area contributed by atoms with E-state index in [1.807, 2.05) is 11.0 Å². The van der Waals surface area contributed by atoms with Gasteiger partial charge in [0.1, 0.15) is 0 Å². The highest BCUT2D eigenvalue weighted by molar-refractivity contribution is 5.94. The fourth-order valence-corrected chi connectivity index (χ4v) is 3.05. The van der Waals surface area contributed by atoms with Crippen LogP contribution in [0.4, 0.5) is 0 Å². The first-order chi connectivity index (χ1) is 12.2. The summed E-state index contributed by atoms with van der Waals surface area (Å²) in [6.45, 7) is 7.68. The molecule has 25 heavy (non-hydrogen) atoms. The Morgan fingerprint density at radius 3 is 2.68 bits per heavy atom. The number of nitrogens with zero attached hydrogens (tertiary/aromatic N) is 3. The highest BCUT2D eigenvalue weighted by Gasteiger charge is 2.18. The van der Waals surface area contributed by atoms with Crippen LogP contribution in [0.2, 0.25) is 0 Å². The van der Waals surface area contributed by atoms with Crippen LogP contribution in [0.3, 0.4) is 0 Å². The number of aromatic nitrogens is 1. The molecule has 5 nitrogen and oxygen atoms in total. The molecule has 0 unspecified atom stereocenters. The summed E-state index contributed by atoms with van der Waals surface area (Å²) in [5.41, 5.74) is 3.05. The second-order valence-electron chi connectivity index (χ2n) is 6.41. The molecule has 5 heteroatoms. The number of ether oxygens (including phenoxy) is 1. The summed E-state index contributed by atoms with van der Waals surface area (Å²) in [6, 6.07) is 11.9. The van der Waals surface area contributed by atoms with Crippen LogP contribution in [-0.4, -0.2) is 60.1 Å². The lowest BCUT2D eigenvalue weighted by Crippen LogP contribution is -2.42. The summed E-state index contributed by atoms with van der Waals surface area (Å²) in [6.07, 6.45) is 3.33. The van der Waals surface area contributed by atoms with E-state index in [1.165, 1.54) is 5.56 Å². The molecular weight excluding hydrogens is 314 g/mol. The second kappa shape index (κ2) is 8.74. The molecule has 0 bridgehead atoms. The minimum absolute atomic E-state index is 0.0529. The van der Waals surface area contributed by atoms with Crippen molar-refractivity contribution >= 4 is 5.91 Å². The number of carbonyl (C=O) groups excluding carboxylic acids is 1. The van der Waals surface area contributed by atoms with Crippen LogP contribution in [0.25, 0.3) is 0 Å². The van der Waals surface area contributed by atoms with E-state index < -0.39 is 0 Å². The Morgan fingerprint density at radius 2 is 1.96 bits per heavy atom. The van der Waals surface area contributed by atoms with E-state index in [2.05, 4.69) is 35.0 Å². The fraction of sp³-hybridized carbons (Fsp3) is 0.400. The lowest BCUT2D eigenvalue weighted by Gasteiger charge is -2.30. The van der Waals surface area contributed by atoms with Crippen LogP contribution >= 0.6 is 0 Å². The zero-order chi connectivity index (χ0) is 17.5. The second-order valence-corrected chi connectivity index (χ2v) is 6.41. The van der Waals surface area contributed by atoms with Gasteiger partial charge < -0.3 is 9.64 Å². The molecule has 1 amide bonds. The van der Waals surface area contributed by atoms with Gasteiger partial charge in [0.05, 0.1) is 13.2 Å². The molecule has 3 rings (SSSR count). The summed E-state index contributed by atoms with van der Waals surface area (Å²) < 4.78 is 5.40. The first-order valence-corrected chi connectivity index (χ1v) is 8.77. The van der Waals surface area contributed by atoms with Crippen molar-refractivity contribution in [3.05, 3.63) is 65.5 Å². The molecular formula is C20H25N3O2. The van der Waals surface area contributed by atoms with Gasteiger partial charge in [0, 0.05) is 50.7 Å². The van der Waals surface area contributed by atoms with Crippen LogP contribution in [0, 0.1) is 6.92 Å². The van der Waals surface area contributed by atoms with Gasteiger partial charge in [-0.1, -0.05) is 29.8 Å². The van der Waals surface area contributed by atoms with E-state index in [9.17, 15) is 4.79 Å². The number of morpholine rings is 1. The van der Waals surface area contributed by atoms with Gasteiger partial charge in [0.2, 0.25) is 0 Å². The highest BCUT2D eigenvalue weighted by Crippen LogP contribution is 2.12. The van der Waals surface area contributed by atoms with Gasteiger partial charge in [-0.3, -0.25) is 14.7 Å². The van der Waals surface area contributed by atoms with Crippen molar-refractivity contribution in [1.82, 2.24) is 14.8 Å². The van der Waals surface area contributed by atoms with Gasteiger partial charge in [0.15, 0.2) is 0 Å². The maximum atomic E-state index is 13.0. The predicted molar refractivity (Wildman–Crippen MR) is 97.4 cm³/mol. The van der Waals surface area contributed by atoms with Crippen molar-refractivity contribution in [2.75, 3.05) is 39.4 Å². The number of rotatable bonds is 6. The summed E-state index contributed by atoms with van der Waals surface area (Å²) in [5, 5.41) is 0. The minimum Gasteiger partial charge on any atom is -0.379 e. The van der Waals surface area contributed by atoms with Crippen LogP contribution < -0.4 is 0 Å². The summed E-state index contributed by atoms with van der Waals surface area (Å²) in [4.78, 5) is 21.3. The average Bonchev–Trinajstić information content (AvgIpc) is 2.66. The van der Waals surface area contributed by atoms with Crippen molar-refractivity contribution in [3.8, 4) is 0 Å². The Kier molecular flexibility index (Phi) is 6.14. The SMILES string of the molecule is Cc1cccc(CN(CCN2CCOCC2)C(=O)c2ccncc2)c1. The van der Waals surface area contributed by atoms with Crippen LogP contribution in [0.1, 0.15) is 21.5 Å².